The van der Waals surface area contributed by atoms with Gasteiger partial charge in [-0.05, 0) is 26.7 Å². The molecule has 0 saturated heterocycles. The number of rotatable bonds is 5. The van der Waals surface area contributed by atoms with Gasteiger partial charge in [-0.2, -0.15) is 5.26 Å². The van der Waals surface area contributed by atoms with Crippen molar-refractivity contribution in [2.24, 2.45) is 5.92 Å². The van der Waals surface area contributed by atoms with Gasteiger partial charge in [-0.15, -0.1) is 0 Å². The topological polar surface area (TPSA) is 79.2 Å². The summed E-state index contributed by atoms with van der Waals surface area (Å²) < 4.78 is 4.75. The average molecular weight is 252 g/mol. The lowest BCUT2D eigenvalue weighted by Crippen LogP contribution is -2.50. The average Bonchev–Trinajstić information content (AvgIpc) is 2.25. The minimum atomic E-state index is -0.958. The van der Waals surface area contributed by atoms with Crippen molar-refractivity contribution >= 4 is 11.9 Å². The molecule has 1 N–H and O–H groups in total. The van der Waals surface area contributed by atoms with Crippen LogP contribution in [0.15, 0.2) is 11.6 Å². The zero-order valence-corrected chi connectivity index (χ0v) is 11.5. The van der Waals surface area contributed by atoms with Crippen LogP contribution in [0.4, 0.5) is 0 Å². The van der Waals surface area contributed by atoms with Crippen LogP contribution < -0.4 is 5.32 Å². The number of nitrogens with one attached hydrogen (secondary N) is 1. The standard InChI is InChI=1S/C13H20N2O3/c1-9(2)6-12(17)18-7-11(16)15-13(5,8-14)10(3)4/h6,10H,7H2,1-5H3,(H,15,16). The molecule has 0 radical (unpaired) electrons. The molecule has 0 aliphatic heterocycles. The van der Waals surface area contributed by atoms with Crippen LogP contribution in [-0.2, 0) is 14.3 Å². The smallest absolute Gasteiger partial charge is 0.331 e. The Morgan fingerprint density at radius 1 is 1.44 bits per heavy atom. The Morgan fingerprint density at radius 3 is 2.39 bits per heavy atom. The summed E-state index contributed by atoms with van der Waals surface area (Å²) in [5.74, 6) is -1.09. The molecular formula is C13H20N2O3. The van der Waals surface area contributed by atoms with Gasteiger partial charge < -0.3 is 10.1 Å². The molecule has 1 atom stereocenters. The van der Waals surface area contributed by atoms with Gasteiger partial charge in [-0.1, -0.05) is 19.4 Å². The van der Waals surface area contributed by atoms with Gasteiger partial charge in [0.25, 0.3) is 5.91 Å². The molecular weight excluding hydrogens is 232 g/mol. The molecule has 5 nitrogen and oxygen atoms in total. The quantitative estimate of drug-likeness (QED) is 0.594. The van der Waals surface area contributed by atoms with Gasteiger partial charge in [-0.25, -0.2) is 4.79 Å². The monoisotopic (exact) mass is 252 g/mol. The number of hydrogen-bond donors (Lipinski definition) is 1. The highest BCUT2D eigenvalue weighted by Crippen LogP contribution is 2.14. The number of amides is 1. The molecule has 1 unspecified atom stereocenters. The fourth-order valence-corrected chi connectivity index (χ4v) is 1.04. The van der Waals surface area contributed by atoms with Crippen molar-refractivity contribution in [3.63, 3.8) is 0 Å². The van der Waals surface area contributed by atoms with Crippen LogP contribution in [-0.4, -0.2) is 24.0 Å². The van der Waals surface area contributed by atoms with E-state index in [-0.39, 0.29) is 12.5 Å². The van der Waals surface area contributed by atoms with Crippen LogP contribution in [0.5, 0.6) is 0 Å². The predicted molar refractivity (Wildman–Crippen MR) is 67.4 cm³/mol. The van der Waals surface area contributed by atoms with E-state index >= 15 is 0 Å². The predicted octanol–water partition coefficient (Wildman–Crippen LogP) is 1.55. The van der Waals surface area contributed by atoms with Crippen molar-refractivity contribution in [1.82, 2.24) is 5.32 Å². The lowest BCUT2D eigenvalue weighted by Gasteiger charge is -2.27. The zero-order chi connectivity index (χ0) is 14.3. The fraction of sp³-hybridized carbons (Fsp3) is 0.615. The van der Waals surface area contributed by atoms with Crippen LogP contribution in [0.3, 0.4) is 0 Å². The summed E-state index contributed by atoms with van der Waals surface area (Å²) in [6, 6.07) is 2.04. The van der Waals surface area contributed by atoms with Gasteiger partial charge in [0.05, 0.1) is 6.07 Å². The van der Waals surface area contributed by atoms with Gasteiger partial charge in [0.15, 0.2) is 6.61 Å². The molecule has 0 aliphatic carbocycles. The third kappa shape index (κ3) is 5.48. The Labute approximate surface area is 108 Å². The molecule has 5 heteroatoms. The molecule has 0 fully saturated rings. The van der Waals surface area contributed by atoms with E-state index in [1.807, 2.05) is 19.9 Å². The first-order valence-electron chi connectivity index (χ1n) is 5.75. The molecule has 0 aliphatic rings. The number of nitriles is 1. The van der Waals surface area contributed by atoms with Crippen LogP contribution in [0.1, 0.15) is 34.6 Å². The van der Waals surface area contributed by atoms with E-state index in [4.69, 9.17) is 10.00 Å². The molecule has 18 heavy (non-hydrogen) atoms. The molecule has 0 aromatic heterocycles. The van der Waals surface area contributed by atoms with E-state index in [2.05, 4.69) is 5.32 Å². The maximum atomic E-state index is 11.6. The van der Waals surface area contributed by atoms with Crippen molar-refractivity contribution in [3.05, 3.63) is 11.6 Å². The van der Waals surface area contributed by atoms with E-state index < -0.39 is 17.4 Å². The number of esters is 1. The van der Waals surface area contributed by atoms with E-state index in [1.54, 1.807) is 20.8 Å². The summed E-state index contributed by atoms with van der Waals surface area (Å²) >= 11 is 0. The van der Waals surface area contributed by atoms with Gasteiger partial charge in [-0.3, -0.25) is 4.79 Å². The number of allylic oxidation sites excluding steroid dienone is 1. The van der Waals surface area contributed by atoms with Gasteiger partial charge >= 0.3 is 5.97 Å². The van der Waals surface area contributed by atoms with Gasteiger partial charge in [0.1, 0.15) is 5.54 Å². The third-order valence-electron chi connectivity index (χ3n) is 2.54. The van der Waals surface area contributed by atoms with Crippen LogP contribution in [0, 0.1) is 17.2 Å². The summed E-state index contributed by atoms with van der Waals surface area (Å²) in [5.41, 5.74) is -0.163. The molecule has 0 aromatic rings. The minimum Gasteiger partial charge on any atom is -0.452 e. The number of ether oxygens (including phenoxy) is 1. The second-order valence-corrected chi connectivity index (χ2v) is 4.85. The van der Waals surface area contributed by atoms with E-state index in [0.29, 0.717) is 0 Å². The van der Waals surface area contributed by atoms with Crippen molar-refractivity contribution in [2.45, 2.75) is 40.2 Å². The highest BCUT2D eigenvalue weighted by Gasteiger charge is 2.30. The Bertz CT molecular complexity index is 390. The summed E-state index contributed by atoms with van der Waals surface area (Å²) in [6.07, 6.45) is 1.30. The third-order valence-corrected chi connectivity index (χ3v) is 2.54. The zero-order valence-electron chi connectivity index (χ0n) is 11.5. The van der Waals surface area contributed by atoms with Crippen LogP contribution >= 0.6 is 0 Å². The maximum absolute atomic E-state index is 11.6. The minimum absolute atomic E-state index is 0.0417. The second-order valence-electron chi connectivity index (χ2n) is 4.85. The Balaban J connectivity index is 4.34. The second kappa shape index (κ2) is 6.80. The van der Waals surface area contributed by atoms with E-state index in [9.17, 15) is 9.59 Å². The molecule has 0 heterocycles. The summed E-state index contributed by atoms with van der Waals surface area (Å²) in [5, 5.41) is 11.6. The van der Waals surface area contributed by atoms with E-state index in [1.165, 1.54) is 6.08 Å². The maximum Gasteiger partial charge on any atom is 0.331 e. The first kappa shape index (κ1) is 16.2. The van der Waals surface area contributed by atoms with Gasteiger partial charge in [0.2, 0.25) is 0 Å². The Hall–Kier alpha value is -1.83. The lowest BCUT2D eigenvalue weighted by atomic mass is 9.90. The van der Waals surface area contributed by atoms with Crippen molar-refractivity contribution < 1.29 is 14.3 Å². The number of hydrogen-bond acceptors (Lipinski definition) is 4. The first-order chi connectivity index (χ1) is 8.21. The number of nitrogens with zero attached hydrogens (tertiary/aromatic N) is 1. The Morgan fingerprint density at radius 2 is 2.00 bits per heavy atom. The largest absolute Gasteiger partial charge is 0.452 e. The van der Waals surface area contributed by atoms with Crippen molar-refractivity contribution in [3.8, 4) is 6.07 Å². The summed E-state index contributed by atoms with van der Waals surface area (Å²) in [6.45, 7) is 8.43. The fourth-order valence-electron chi connectivity index (χ4n) is 1.04. The van der Waals surface area contributed by atoms with E-state index in [0.717, 1.165) is 5.57 Å². The highest BCUT2D eigenvalue weighted by atomic mass is 16.5. The van der Waals surface area contributed by atoms with Gasteiger partial charge in [0, 0.05) is 6.08 Å². The molecule has 0 aromatic carbocycles. The number of carbonyl (C=O) groups is 2. The highest BCUT2D eigenvalue weighted by molar-refractivity contribution is 5.86. The lowest BCUT2D eigenvalue weighted by molar-refractivity contribution is -0.144. The van der Waals surface area contributed by atoms with Crippen molar-refractivity contribution in [1.29, 1.82) is 5.26 Å². The molecule has 0 rings (SSSR count). The molecule has 0 saturated carbocycles. The molecule has 0 bridgehead atoms. The summed E-state index contributed by atoms with van der Waals surface area (Å²) in [7, 11) is 0. The normalized spacial score (nSPS) is 13.2. The van der Waals surface area contributed by atoms with Crippen LogP contribution in [0.2, 0.25) is 0 Å². The van der Waals surface area contributed by atoms with Crippen molar-refractivity contribution in [2.75, 3.05) is 6.61 Å². The van der Waals surface area contributed by atoms with Crippen LogP contribution in [0.25, 0.3) is 0 Å². The Kier molecular flexibility index (Phi) is 6.11. The molecule has 100 valence electrons. The number of carbonyl (C=O) groups excluding carboxylic acids is 2. The summed E-state index contributed by atoms with van der Waals surface area (Å²) in [4.78, 5) is 22.7. The first-order valence-corrected chi connectivity index (χ1v) is 5.75. The SMILES string of the molecule is CC(C)=CC(=O)OCC(=O)NC(C)(C#N)C(C)C. The molecule has 1 amide bonds. The molecule has 0 spiro atoms.